The minimum absolute atomic E-state index is 0.0995. The van der Waals surface area contributed by atoms with Crippen molar-refractivity contribution < 1.29 is 19.1 Å². The van der Waals surface area contributed by atoms with E-state index in [1.54, 1.807) is 7.11 Å². The van der Waals surface area contributed by atoms with Gasteiger partial charge in [0.2, 0.25) is 5.91 Å². The van der Waals surface area contributed by atoms with Crippen LogP contribution in [0.2, 0.25) is 0 Å². The molecule has 0 aliphatic carbocycles. The third kappa shape index (κ3) is 4.38. The molecule has 3 amide bonds. The molecule has 0 radical (unpaired) electrons. The van der Waals surface area contributed by atoms with Crippen LogP contribution in [-0.2, 0) is 16.1 Å². The molecule has 9 nitrogen and oxygen atoms in total. The number of rotatable bonds is 7. The fraction of sp³-hybridized carbons (Fsp3) is 0.474. The summed E-state index contributed by atoms with van der Waals surface area (Å²) in [6.07, 6.45) is 2.12. The zero-order chi connectivity index (χ0) is 20.2. The molecule has 2 aromatic rings. The van der Waals surface area contributed by atoms with E-state index < -0.39 is 0 Å². The van der Waals surface area contributed by atoms with Gasteiger partial charge in [-0.3, -0.25) is 14.3 Å². The van der Waals surface area contributed by atoms with Crippen LogP contribution in [0.5, 0.6) is 5.75 Å². The molecule has 2 saturated heterocycles. The SMILES string of the molecule is COc1ccc(-c2nnc(SCC(=O)N3CCNC3=O)n2CC2CCCO2)cc1. The Bertz CT molecular complexity index is 879. The molecule has 0 bridgehead atoms. The molecule has 29 heavy (non-hydrogen) atoms. The Morgan fingerprint density at radius 1 is 1.34 bits per heavy atom. The maximum absolute atomic E-state index is 12.4. The molecule has 2 aliphatic rings. The minimum atomic E-state index is -0.338. The Labute approximate surface area is 172 Å². The van der Waals surface area contributed by atoms with Crippen molar-refractivity contribution in [3.63, 3.8) is 0 Å². The van der Waals surface area contributed by atoms with E-state index in [1.807, 2.05) is 28.8 Å². The van der Waals surface area contributed by atoms with E-state index in [4.69, 9.17) is 9.47 Å². The zero-order valence-electron chi connectivity index (χ0n) is 16.2. The third-order valence-electron chi connectivity index (χ3n) is 4.96. The summed E-state index contributed by atoms with van der Waals surface area (Å²) >= 11 is 1.29. The number of carbonyl (C=O) groups excluding carboxylic acids is 2. The number of nitrogens with zero attached hydrogens (tertiary/aromatic N) is 4. The van der Waals surface area contributed by atoms with E-state index in [0.717, 1.165) is 36.6 Å². The Kier molecular flexibility index (Phi) is 6.00. The number of thioether (sulfide) groups is 1. The van der Waals surface area contributed by atoms with Gasteiger partial charge in [-0.15, -0.1) is 10.2 Å². The van der Waals surface area contributed by atoms with E-state index in [9.17, 15) is 9.59 Å². The fourth-order valence-corrected chi connectivity index (χ4v) is 4.24. The largest absolute Gasteiger partial charge is 0.497 e. The van der Waals surface area contributed by atoms with Crippen molar-refractivity contribution in [1.82, 2.24) is 25.0 Å². The normalized spacial score (nSPS) is 18.9. The van der Waals surface area contributed by atoms with E-state index in [1.165, 1.54) is 16.7 Å². The number of imide groups is 1. The summed E-state index contributed by atoms with van der Waals surface area (Å²) in [5.41, 5.74) is 0.911. The van der Waals surface area contributed by atoms with Gasteiger partial charge in [-0.2, -0.15) is 0 Å². The van der Waals surface area contributed by atoms with Gasteiger partial charge < -0.3 is 14.8 Å². The van der Waals surface area contributed by atoms with Gasteiger partial charge in [0.05, 0.1) is 25.5 Å². The number of nitrogens with one attached hydrogen (secondary N) is 1. The second-order valence-electron chi connectivity index (χ2n) is 6.85. The van der Waals surface area contributed by atoms with Gasteiger partial charge in [-0.05, 0) is 37.1 Å². The van der Waals surface area contributed by atoms with Crippen molar-refractivity contribution in [3.8, 4) is 17.1 Å². The van der Waals surface area contributed by atoms with Crippen LogP contribution in [0.1, 0.15) is 12.8 Å². The van der Waals surface area contributed by atoms with Crippen molar-refractivity contribution in [3.05, 3.63) is 24.3 Å². The van der Waals surface area contributed by atoms with Crippen LogP contribution in [0.15, 0.2) is 29.4 Å². The molecule has 3 heterocycles. The van der Waals surface area contributed by atoms with Crippen LogP contribution in [0.4, 0.5) is 4.79 Å². The molecule has 1 aromatic heterocycles. The van der Waals surface area contributed by atoms with Crippen LogP contribution in [0.25, 0.3) is 11.4 Å². The quantitative estimate of drug-likeness (QED) is 0.686. The van der Waals surface area contributed by atoms with E-state index in [-0.39, 0.29) is 23.8 Å². The standard InChI is InChI=1S/C19H23N5O4S/c1-27-14-6-4-13(5-7-14)17-21-22-19(24(17)11-15-3-2-10-28-15)29-12-16(25)23-9-8-20-18(23)26/h4-7,15H,2-3,8-12H2,1H3,(H,20,26). The molecule has 1 N–H and O–H groups in total. The first kappa shape index (κ1) is 19.7. The first-order valence-corrected chi connectivity index (χ1v) is 10.5. The van der Waals surface area contributed by atoms with Crippen LogP contribution in [-0.4, -0.2) is 70.3 Å². The smallest absolute Gasteiger partial charge is 0.324 e. The predicted octanol–water partition coefficient (Wildman–Crippen LogP) is 1.78. The molecule has 0 spiro atoms. The van der Waals surface area contributed by atoms with Crippen LogP contribution in [0.3, 0.4) is 0 Å². The van der Waals surface area contributed by atoms with E-state index in [0.29, 0.717) is 24.8 Å². The second kappa shape index (κ2) is 8.83. The summed E-state index contributed by atoms with van der Waals surface area (Å²) in [4.78, 5) is 25.3. The van der Waals surface area contributed by atoms with Crippen molar-refractivity contribution in [2.24, 2.45) is 0 Å². The highest BCUT2D eigenvalue weighted by Crippen LogP contribution is 2.28. The highest BCUT2D eigenvalue weighted by Gasteiger charge is 2.27. The number of aromatic nitrogens is 3. The third-order valence-corrected chi connectivity index (χ3v) is 5.91. The number of urea groups is 1. The molecule has 154 valence electrons. The van der Waals surface area contributed by atoms with Crippen molar-refractivity contribution in [2.75, 3.05) is 32.6 Å². The molecular formula is C19H23N5O4S. The van der Waals surface area contributed by atoms with Gasteiger partial charge in [0.1, 0.15) is 5.75 Å². The maximum Gasteiger partial charge on any atom is 0.324 e. The lowest BCUT2D eigenvalue weighted by Crippen LogP contribution is -2.35. The van der Waals surface area contributed by atoms with Gasteiger partial charge in [0, 0.05) is 25.3 Å². The minimum Gasteiger partial charge on any atom is -0.497 e. The van der Waals surface area contributed by atoms with Crippen LogP contribution < -0.4 is 10.1 Å². The molecule has 0 saturated carbocycles. The summed E-state index contributed by atoms with van der Waals surface area (Å²) in [6, 6.07) is 7.28. The summed E-state index contributed by atoms with van der Waals surface area (Å²) < 4.78 is 13.0. The molecule has 4 rings (SSSR count). The highest BCUT2D eigenvalue weighted by atomic mass is 32.2. The lowest BCUT2D eigenvalue weighted by atomic mass is 10.2. The first-order chi connectivity index (χ1) is 14.2. The van der Waals surface area contributed by atoms with Gasteiger partial charge in [0.25, 0.3) is 0 Å². The Morgan fingerprint density at radius 3 is 2.83 bits per heavy atom. The van der Waals surface area contributed by atoms with Crippen LogP contribution >= 0.6 is 11.8 Å². The monoisotopic (exact) mass is 417 g/mol. The molecule has 2 fully saturated rings. The summed E-state index contributed by atoms with van der Waals surface area (Å²) in [5, 5.41) is 12.0. The number of carbonyl (C=O) groups is 2. The highest BCUT2D eigenvalue weighted by molar-refractivity contribution is 7.99. The molecular weight excluding hydrogens is 394 g/mol. The van der Waals surface area contributed by atoms with Gasteiger partial charge in [-0.1, -0.05) is 11.8 Å². The van der Waals surface area contributed by atoms with Crippen molar-refractivity contribution >= 4 is 23.7 Å². The molecule has 2 aliphatic heterocycles. The number of hydrogen-bond donors (Lipinski definition) is 1. The number of amides is 3. The van der Waals surface area contributed by atoms with E-state index in [2.05, 4.69) is 15.5 Å². The Hall–Kier alpha value is -2.59. The topological polar surface area (TPSA) is 98.6 Å². The average molecular weight is 417 g/mol. The number of benzene rings is 1. The summed E-state index contributed by atoms with van der Waals surface area (Å²) in [7, 11) is 1.63. The lowest BCUT2D eigenvalue weighted by Gasteiger charge is -2.15. The average Bonchev–Trinajstić information content (AvgIpc) is 3.49. The Morgan fingerprint density at radius 2 is 2.17 bits per heavy atom. The maximum atomic E-state index is 12.4. The molecule has 1 aromatic carbocycles. The lowest BCUT2D eigenvalue weighted by molar-refractivity contribution is -0.124. The second-order valence-corrected chi connectivity index (χ2v) is 7.79. The van der Waals surface area contributed by atoms with Crippen molar-refractivity contribution in [2.45, 2.75) is 30.6 Å². The first-order valence-electron chi connectivity index (χ1n) is 9.56. The molecule has 10 heteroatoms. The zero-order valence-corrected chi connectivity index (χ0v) is 17.0. The van der Waals surface area contributed by atoms with Gasteiger partial charge >= 0.3 is 6.03 Å². The van der Waals surface area contributed by atoms with Gasteiger partial charge in [0.15, 0.2) is 11.0 Å². The van der Waals surface area contributed by atoms with Crippen molar-refractivity contribution in [1.29, 1.82) is 0 Å². The predicted molar refractivity (Wildman–Crippen MR) is 107 cm³/mol. The Balaban J connectivity index is 1.54. The number of methoxy groups -OCH3 is 1. The van der Waals surface area contributed by atoms with Gasteiger partial charge in [-0.25, -0.2) is 4.79 Å². The molecule has 1 unspecified atom stereocenters. The van der Waals surface area contributed by atoms with E-state index >= 15 is 0 Å². The number of ether oxygens (including phenoxy) is 2. The van der Waals surface area contributed by atoms with Crippen LogP contribution in [0, 0.1) is 0 Å². The summed E-state index contributed by atoms with van der Waals surface area (Å²) in [6.45, 7) is 2.27. The molecule has 1 atom stereocenters. The fourth-order valence-electron chi connectivity index (χ4n) is 3.42. The number of hydrogen-bond acceptors (Lipinski definition) is 7. The summed E-state index contributed by atoms with van der Waals surface area (Å²) in [5.74, 6) is 1.38.